The Morgan fingerprint density at radius 2 is 1.35 bits per heavy atom. The maximum absolute atomic E-state index is 14.1. The molecule has 14 nitrogen and oxygen atoms in total. The molecule has 0 saturated carbocycles. The molecule has 1 unspecified atom stereocenters. The molecular weight excluding hydrogens is 610 g/mol. The van der Waals surface area contributed by atoms with Crippen LogP contribution in [0.5, 0.6) is 40.2 Å². The highest BCUT2D eigenvalue weighted by atomic mass is 31.2. The number of phosphoric ester groups is 1. The first kappa shape index (κ1) is 31.7. The summed E-state index contributed by atoms with van der Waals surface area (Å²) in [5.74, 6) is -1.48. The van der Waals surface area contributed by atoms with E-state index in [0.717, 1.165) is 6.66 Å². The van der Waals surface area contributed by atoms with E-state index in [1.807, 2.05) is 0 Å². The lowest BCUT2D eigenvalue weighted by atomic mass is 9.96. The summed E-state index contributed by atoms with van der Waals surface area (Å²) in [6.07, 6.45) is 0. The molecular formula is C27H28O14P2. The summed E-state index contributed by atoms with van der Waals surface area (Å²) in [6.45, 7) is 0.860. The van der Waals surface area contributed by atoms with Gasteiger partial charge in [0.25, 0.3) is 0 Å². The maximum atomic E-state index is 14.1. The van der Waals surface area contributed by atoms with Gasteiger partial charge < -0.3 is 42.0 Å². The Balaban J connectivity index is 2.11. The Kier molecular flexibility index (Phi) is 9.00. The number of fused-ring (bicyclic) bond motifs is 1. The second-order valence-electron chi connectivity index (χ2n) is 8.86. The minimum atomic E-state index is -5.33. The molecule has 0 bridgehead atoms. The van der Waals surface area contributed by atoms with Crippen molar-refractivity contribution < 1.29 is 65.8 Å². The van der Waals surface area contributed by atoms with Crippen LogP contribution >= 0.6 is 15.4 Å². The smallest absolute Gasteiger partial charge is 0.497 e. The Labute approximate surface area is 245 Å². The Bertz CT molecular complexity index is 1760. The van der Waals surface area contributed by atoms with Crippen molar-refractivity contribution in [2.24, 2.45) is 0 Å². The molecule has 0 aliphatic rings. The van der Waals surface area contributed by atoms with Crippen LogP contribution in [0.1, 0.15) is 16.1 Å². The lowest BCUT2D eigenvalue weighted by molar-refractivity contribution is 0.101. The first-order valence-corrected chi connectivity index (χ1v) is 15.7. The van der Waals surface area contributed by atoms with Gasteiger partial charge in [-0.3, -0.25) is 14.6 Å². The van der Waals surface area contributed by atoms with E-state index in [4.69, 9.17) is 37.1 Å². The quantitative estimate of drug-likeness (QED) is 0.138. The van der Waals surface area contributed by atoms with Crippen LogP contribution in [-0.2, 0) is 9.13 Å². The van der Waals surface area contributed by atoms with E-state index in [1.54, 1.807) is 12.1 Å². The first-order valence-electron chi connectivity index (χ1n) is 12.2. The lowest BCUT2D eigenvalue weighted by Crippen LogP contribution is -2.05. The maximum Gasteiger partial charge on any atom is 0.524 e. The van der Waals surface area contributed by atoms with Crippen molar-refractivity contribution in [1.82, 2.24) is 0 Å². The van der Waals surface area contributed by atoms with Crippen molar-refractivity contribution in [3.05, 3.63) is 53.8 Å². The molecule has 0 saturated heterocycles. The standard InChI is InChI=1S/C27H28O14P2/c1-34-15-7-8-16-19(13-15)39-27(23(28)14-11-20(36-3)25(38-5)21(12-14)37-4)22(16)17-9-10-18(35-2)26(40-42(6,29)30)24(17)41-43(31,32)33/h7-13H,1-6H3,(H,29,30)(H2,31,32,33). The monoisotopic (exact) mass is 638 g/mol. The number of rotatable bonds is 12. The summed E-state index contributed by atoms with van der Waals surface area (Å²) in [5, 5.41) is 0.298. The van der Waals surface area contributed by atoms with Gasteiger partial charge in [0.1, 0.15) is 11.3 Å². The fraction of sp³-hybridized carbons (Fsp3) is 0.222. The van der Waals surface area contributed by atoms with Gasteiger partial charge in [0.15, 0.2) is 28.8 Å². The second-order valence-corrected chi connectivity index (χ2v) is 11.8. The number of carbonyl (C=O) groups excluding carboxylic acids is 1. The average molecular weight is 638 g/mol. The van der Waals surface area contributed by atoms with Crippen LogP contribution in [0.15, 0.2) is 46.9 Å². The van der Waals surface area contributed by atoms with E-state index in [2.05, 4.69) is 0 Å². The summed E-state index contributed by atoms with van der Waals surface area (Å²) < 4.78 is 67.3. The third-order valence-corrected chi connectivity index (χ3v) is 7.01. The van der Waals surface area contributed by atoms with Gasteiger partial charge in [-0.25, -0.2) is 9.13 Å². The van der Waals surface area contributed by atoms with Crippen LogP contribution in [0.3, 0.4) is 0 Å². The van der Waals surface area contributed by atoms with Gasteiger partial charge in [0.05, 0.1) is 35.5 Å². The minimum absolute atomic E-state index is 0.0104. The molecule has 0 aliphatic heterocycles. The average Bonchev–Trinajstić information content (AvgIpc) is 3.33. The Morgan fingerprint density at radius 1 is 0.721 bits per heavy atom. The van der Waals surface area contributed by atoms with Crippen LogP contribution in [-0.4, -0.2) is 62.7 Å². The van der Waals surface area contributed by atoms with Gasteiger partial charge in [-0.05, 0) is 36.4 Å². The number of hydrogen-bond acceptors (Lipinski definition) is 11. The number of furan rings is 1. The minimum Gasteiger partial charge on any atom is -0.497 e. The third kappa shape index (κ3) is 6.58. The van der Waals surface area contributed by atoms with Gasteiger partial charge in [0.2, 0.25) is 17.3 Å². The molecule has 1 heterocycles. The van der Waals surface area contributed by atoms with Crippen molar-refractivity contribution in [3.8, 4) is 51.4 Å². The SMILES string of the molecule is COc1ccc2c(-c3ccc(OC)c(OP(C)(=O)O)c3OP(=O)(O)O)c(C(=O)c3cc(OC)c(OC)c(OC)c3)oc2c1. The summed E-state index contributed by atoms with van der Waals surface area (Å²) >= 11 is 0. The van der Waals surface area contributed by atoms with Crippen LogP contribution in [0.2, 0.25) is 0 Å². The molecule has 1 aromatic heterocycles. The lowest BCUT2D eigenvalue weighted by Gasteiger charge is -2.20. The van der Waals surface area contributed by atoms with Gasteiger partial charge >= 0.3 is 15.4 Å². The van der Waals surface area contributed by atoms with Crippen molar-refractivity contribution in [1.29, 1.82) is 0 Å². The van der Waals surface area contributed by atoms with Gasteiger partial charge in [-0.1, -0.05) is 0 Å². The zero-order valence-electron chi connectivity index (χ0n) is 23.8. The van der Waals surface area contributed by atoms with Crippen LogP contribution in [0.4, 0.5) is 0 Å². The highest BCUT2D eigenvalue weighted by molar-refractivity contribution is 7.52. The predicted octanol–water partition coefficient (Wildman–Crippen LogP) is 5.04. The van der Waals surface area contributed by atoms with Gasteiger partial charge in [-0.2, -0.15) is 0 Å². The number of benzene rings is 3. The highest BCUT2D eigenvalue weighted by Gasteiger charge is 2.33. The van der Waals surface area contributed by atoms with Crippen molar-refractivity contribution in [2.45, 2.75) is 0 Å². The normalized spacial score (nSPS) is 12.8. The van der Waals surface area contributed by atoms with Crippen LogP contribution in [0.25, 0.3) is 22.1 Å². The van der Waals surface area contributed by atoms with E-state index in [0.29, 0.717) is 11.1 Å². The molecule has 0 radical (unpaired) electrons. The molecule has 3 aromatic carbocycles. The molecule has 1 atom stereocenters. The van der Waals surface area contributed by atoms with Crippen molar-refractivity contribution in [2.75, 3.05) is 42.2 Å². The zero-order chi connectivity index (χ0) is 31.7. The van der Waals surface area contributed by atoms with Crippen molar-refractivity contribution >= 4 is 32.2 Å². The van der Waals surface area contributed by atoms with E-state index in [-0.39, 0.29) is 51.0 Å². The van der Waals surface area contributed by atoms with E-state index < -0.39 is 32.7 Å². The third-order valence-electron chi connectivity index (χ3n) is 6.07. The molecule has 0 amide bonds. The molecule has 0 aliphatic carbocycles. The molecule has 3 N–H and O–H groups in total. The van der Waals surface area contributed by atoms with E-state index in [1.165, 1.54) is 65.9 Å². The molecule has 16 heteroatoms. The molecule has 0 spiro atoms. The first-order chi connectivity index (χ1) is 20.2. The second kappa shape index (κ2) is 12.2. The number of ketones is 1. The molecule has 43 heavy (non-hydrogen) atoms. The molecule has 230 valence electrons. The van der Waals surface area contributed by atoms with Crippen LogP contribution in [0, 0.1) is 0 Å². The number of hydrogen-bond donors (Lipinski definition) is 3. The molecule has 0 fully saturated rings. The Hall–Kier alpha value is -4.19. The zero-order valence-corrected chi connectivity index (χ0v) is 25.6. The summed E-state index contributed by atoms with van der Waals surface area (Å²) in [6, 6.07) is 10.1. The summed E-state index contributed by atoms with van der Waals surface area (Å²) in [5.41, 5.74) is 0.0787. The summed E-state index contributed by atoms with van der Waals surface area (Å²) in [7, 11) is -2.87. The fourth-order valence-electron chi connectivity index (χ4n) is 4.34. The molecule has 4 rings (SSSR count). The van der Waals surface area contributed by atoms with E-state index >= 15 is 0 Å². The fourth-order valence-corrected chi connectivity index (χ4v) is 5.27. The topological polar surface area (TPSA) is 190 Å². The largest absolute Gasteiger partial charge is 0.524 e. The number of ether oxygens (including phenoxy) is 5. The number of methoxy groups -OCH3 is 5. The molecule has 4 aromatic rings. The van der Waals surface area contributed by atoms with Crippen LogP contribution < -0.4 is 32.7 Å². The predicted molar refractivity (Wildman–Crippen MR) is 153 cm³/mol. The van der Waals surface area contributed by atoms with Gasteiger partial charge in [-0.15, -0.1) is 0 Å². The van der Waals surface area contributed by atoms with Crippen molar-refractivity contribution in [3.63, 3.8) is 0 Å². The number of carbonyl (C=O) groups is 1. The van der Waals surface area contributed by atoms with E-state index in [9.17, 15) is 28.6 Å². The Morgan fingerprint density at radius 3 is 1.86 bits per heavy atom. The summed E-state index contributed by atoms with van der Waals surface area (Å²) in [4.78, 5) is 43.7. The number of phosphoric acid groups is 1. The van der Waals surface area contributed by atoms with Gasteiger partial charge in [0, 0.05) is 34.8 Å². The highest BCUT2D eigenvalue weighted by Crippen LogP contribution is 2.56.